The van der Waals surface area contributed by atoms with Gasteiger partial charge < -0.3 is 10.0 Å². The summed E-state index contributed by atoms with van der Waals surface area (Å²) in [6, 6.07) is 3.15. The fourth-order valence-corrected chi connectivity index (χ4v) is 1.32. The van der Waals surface area contributed by atoms with Crippen LogP contribution in [0.1, 0.15) is 10.5 Å². The molecule has 0 saturated carbocycles. The summed E-state index contributed by atoms with van der Waals surface area (Å²) in [5.41, 5.74) is 0.547. The lowest BCUT2D eigenvalue weighted by molar-refractivity contribution is 0.0690. The van der Waals surface area contributed by atoms with E-state index < -0.39 is 5.97 Å². The van der Waals surface area contributed by atoms with Gasteiger partial charge >= 0.3 is 5.97 Å². The second kappa shape index (κ2) is 3.23. The number of hydrogen-bond donors (Lipinski definition) is 1. The number of hydrogen-bond acceptors (Lipinski definition) is 4. The van der Waals surface area contributed by atoms with Gasteiger partial charge in [-0.2, -0.15) is 9.61 Å². The van der Waals surface area contributed by atoms with Crippen molar-refractivity contribution >= 4 is 17.4 Å². The first-order valence-corrected chi connectivity index (χ1v) is 4.35. The number of anilines is 1. The minimum absolute atomic E-state index is 0.0201. The van der Waals surface area contributed by atoms with Crippen LogP contribution in [0, 0.1) is 0 Å². The lowest BCUT2D eigenvalue weighted by atomic mass is 10.4. The van der Waals surface area contributed by atoms with Crippen LogP contribution in [0.4, 0.5) is 5.82 Å². The predicted octanol–water partition coefficient (Wildman–Crippen LogP) is 0.493. The zero-order valence-corrected chi connectivity index (χ0v) is 8.38. The van der Waals surface area contributed by atoms with Crippen molar-refractivity contribution in [2.45, 2.75) is 0 Å². The SMILES string of the molecule is CN(C)c1cc(C(=O)O)nc2ccnn12. The van der Waals surface area contributed by atoms with Crippen LogP contribution in [0.3, 0.4) is 0 Å². The van der Waals surface area contributed by atoms with Crippen LogP contribution in [-0.4, -0.2) is 39.8 Å². The molecule has 0 radical (unpaired) electrons. The van der Waals surface area contributed by atoms with Crippen molar-refractivity contribution in [1.82, 2.24) is 14.6 Å². The molecule has 6 nitrogen and oxygen atoms in total. The molecule has 2 heterocycles. The number of nitrogens with zero attached hydrogens (tertiary/aromatic N) is 4. The highest BCUT2D eigenvalue weighted by molar-refractivity contribution is 5.87. The maximum atomic E-state index is 10.8. The third-order valence-corrected chi connectivity index (χ3v) is 2.02. The largest absolute Gasteiger partial charge is 0.477 e. The smallest absolute Gasteiger partial charge is 0.354 e. The van der Waals surface area contributed by atoms with Crippen molar-refractivity contribution in [3.63, 3.8) is 0 Å². The maximum Gasteiger partial charge on any atom is 0.354 e. The highest BCUT2D eigenvalue weighted by Crippen LogP contribution is 2.14. The molecule has 0 aliphatic heterocycles. The molecule has 2 aromatic rings. The zero-order valence-electron chi connectivity index (χ0n) is 8.38. The standard InChI is InChI=1S/C9H10N4O2/c1-12(2)8-5-6(9(14)15)11-7-3-4-10-13(7)8/h3-5H,1-2H3,(H,14,15). The van der Waals surface area contributed by atoms with Gasteiger partial charge in [0.1, 0.15) is 5.82 Å². The van der Waals surface area contributed by atoms with Gasteiger partial charge in [0.25, 0.3) is 0 Å². The quantitative estimate of drug-likeness (QED) is 0.774. The van der Waals surface area contributed by atoms with E-state index in [1.54, 1.807) is 21.7 Å². The molecule has 2 aromatic heterocycles. The van der Waals surface area contributed by atoms with E-state index in [2.05, 4.69) is 10.1 Å². The number of rotatable bonds is 2. The molecule has 0 aliphatic carbocycles. The van der Waals surface area contributed by atoms with E-state index in [1.165, 1.54) is 6.07 Å². The summed E-state index contributed by atoms with van der Waals surface area (Å²) in [4.78, 5) is 16.6. The van der Waals surface area contributed by atoms with Gasteiger partial charge in [-0.15, -0.1) is 0 Å². The van der Waals surface area contributed by atoms with E-state index in [9.17, 15) is 4.79 Å². The van der Waals surface area contributed by atoms with Crippen LogP contribution in [-0.2, 0) is 0 Å². The van der Waals surface area contributed by atoms with Crippen molar-refractivity contribution in [2.75, 3.05) is 19.0 Å². The molecule has 0 aromatic carbocycles. The van der Waals surface area contributed by atoms with Gasteiger partial charge in [0.2, 0.25) is 0 Å². The first kappa shape index (κ1) is 9.45. The van der Waals surface area contributed by atoms with E-state index in [1.807, 2.05) is 14.1 Å². The van der Waals surface area contributed by atoms with Crippen LogP contribution < -0.4 is 4.90 Å². The second-order valence-electron chi connectivity index (χ2n) is 3.30. The van der Waals surface area contributed by atoms with Gasteiger partial charge in [-0.05, 0) is 0 Å². The van der Waals surface area contributed by atoms with Gasteiger partial charge in [0.05, 0.1) is 6.20 Å². The van der Waals surface area contributed by atoms with Crippen LogP contribution in [0.25, 0.3) is 5.65 Å². The van der Waals surface area contributed by atoms with Crippen LogP contribution in [0.5, 0.6) is 0 Å². The van der Waals surface area contributed by atoms with Crippen molar-refractivity contribution in [3.05, 3.63) is 24.0 Å². The topological polar surface area (TPSA) is 70.7 Å². The Morgan fingerprint density at radius 3 is 2.87 bits per heavy atom. The summed E-state index contributed by atoms with van der Waals surface area (Å²) in [6.45, 7) is 0. The minimum Gasteiger partial charge on any atom is -0.477 e. The van der Waals surface area contributed by atoms with E-state index >= 15 is 0 Å². The lowest BCUT2D eigenvalue weighted by Gasteiger charge is -2.13. The number of aromatic carboxylic acids is 1. The van der Waals surface area contributed by atoms with Gasteiger partial charge in [0, 0.05) is 26.2 Å². The average Bonchev–Trinajstić information content (AvgIpc) is 2.62. The van der Waals surface area contributed by atoms with Gasteiger partial charge in [0.15, 0.2) is 11.3 Å². The molecule has 6 heteroatoms. The van der Waals surface area contributed by atoms with E-state index in [0.717, 1.165) is 0 Å². The van der Waals surface area contributed by atoms with Gasteiger partial charge in [-0.3, -0.25) is 0 Å². The van der Waals surface area contributed by atoms with Crippen molar-refractivity contribution < 1.29 is 9.90 Å². The van der Waals surface area contributed by atoms with Crippen molar-refractivity contribution in [1.29, 1.82) is 0 Å². The average molecular weight is 206 g/mol. The first-order valence-electron chi connectivity index (χ1n) is 4.35. The molecule has 78 valence electrons. The normalized spacial score (nSPS) is 10.5. The Bertz CT molecular complexity index is 518. The molecule has 0 saturated heterocycles. The summed E-state index contributed by atoms with van der Waals surface area (Å²) in [6.07, 6.45) is 1.58. The predicted molar refractivity (Wildman–Crippen MR) is 54.3 cm³/mol. The number of carboxylic acids is 1. The van der Waals surface area contributed by atoms with Crippen LogP contribution in [0.2, 0.25) is 0 Å². The number of carbonyl (C=O) groups is 1. The monoisotopic (exact) mass is 206 g/mol. The summed E-state index contributed by atoms with van der Waals surface area (Å²) in [5, 5.41) is 12.9. The Kier molecular flexibility index (Phi) is 2.03. The molecule has 0 amide bonds. The van der Waals surface area contributed by atoms with Gasteiger partial charge in [-0.1, -0.05) is 0 Å². The van der Waals surface area contributed by atoms with Gasteiger partial charge in [-0.25, -0.2) is 9.78 Å². The molecular formula is C9H10N4O2. The highest BCUT2D eigenvalue weighted by atomic mass is 16.4. The minimum atomic E-state index is -1.04. The summed E-state index contributed by atoms with van der Waals surface area (Å²) < 4.78 is 1.59. The molecule has 0 aliphatic rings. The number of carboxylic acid groups (broad SMARTS) is 1. The molecule has 0 spiro atoms. The van der Waals surface area contributed by atoms with Crippen LogP contribution >= 0.6 is 0 Å². The third-order valence-electron chi connectivity index (χ3n) is 2.02. The fourth-order valence-electron chi connectivity index (χ4n) is 1.32. The molecule has 1 N–H and O–H groups in total. The molecule has 0 fully saturated rings. The van der Waals surface area contributed by atoms with E-state index in [4.69, 9.17) is 5.11 Å². The van der Waals surface area contributed by atoms with E-state index in [-0.39, 0.29) is 5.69 Å². The summed E-state index contributed by atoms with van der Waals surface area (Å²) in [7, 11) is 3.64. The molecule has 0 atom stereocenters. The zero-order chi connectivity index (χ0) is 11.0. The third kappa shape index (κ3) is 1.50. The lowest BCUT2D eigenvalue weighted by Crippen LogP contribution is -2.16. The number of aromatic nitrogens is 3. The second-order valence-corrected chi connectivity index (χ2v) is 3.30. The number of fused-ring (bicyclic) bond motifs is 1. The van der Waals surface area contributed by atoms with Crippen LogP contribution in [0.15, 0.2) is 18.3 Å². The molecule has 2 rings (SSSR count). The molecule has 15 heavy (non-hydrogen) atoms. The Balaban J connectivity index is 2.74. The maximum absolute atomic E-state index is 10.8. The first-order chi connectivity index (χ1) is 7.09. The molecule has 0 unspecified atom stereocenters. The van der Waals surface area contributed by atoms with Crippen molar-refractivity contribution in [3.8, 4) is 0 Å². The molecular weight excluding hydrogens is 196 g/mol. The Morgan fingerprint density at radius 1 is 1.53 bits per heavy atom. The highest BCUT2D eigenvalue weighted by Gasteiger charge is 2.12. The Hall–Kier alpha value is -2.11. The fraction of sp³-hybridized carbons (Fsp3) is 0.222. The Labute approximate surface area is 85.8 Å². The summed E-state index contributed by atoms with van der Waals surface area (Å²) >= 11 is 0. The molecule has 0 bridgehead atoms. The summed E-state index contributed by atoms with van der Waals surface area (Å²) in [5.74, 6) is -0.357. The Morgan fingerprint density at radius 2 is 2.27 bits per heavy atom. The van der Waals surface area contributed by atoms with Crippen molar-refractivity contribution in [2.24, 2.45) is 0 Å². The van der Waals surface area contributed by atoms with E-state index in [0.29, 0.717) is 11.5 Å².